The second kappa shape index (κ2) is 5.56. The van der Waals surface area contributed by atoms with Gasteiger partial charge in [0, 0.05) is 17.6 Å². The lowest BCUT2D eigenvalue weighted by atomic mass is 10.1. The van der Waals surface area contributed by atoms with Gasteiger partial charge in [-0.1, -0.05) is 19.3 Å². The van der Waals surface area contributed by atoms with E-state index in [9.17, 15) is 9.59 Å². The fourth-order valence-corrected chi connectivity index (χ4v) is 3.48. The monoisotopic (exact) mass is 336 g/mol. The van der Waals surface area contributed by atoms with Gasteiger partial charge in [-0.25, -0.2) is 0 Å². The van der Waals surface area contributed by atoms with Crippen molar-refractivity contribution >= 4 is 39.0 Å². The molecule has 1 N–H and O–H groups in total. The minimum absolute atomic E-state index is 0.445. The Balaban J connectivity index is 1.92. The van der Waals surface area contributed by atoms with E-state index in [1.54, 1.807) is 6.07 Å². The molecule has 2 heterocycles. The van der Waals surface area contributed by atoms with Crippen LogP contribution in [0.2, 0.25) is 0 Å². The Bertz CT molecular complexity index is 563. The normalized spacial score (nSPS) is 19.4. The third-order valence-electron chi connectivity index (χ3n) is 3.98. The Morgan fingerprint density at radius 1 is 1.00 bits per heavy atom. The topological polar surface area (TPSA) is 49.4 Å². The summed E-state index contributed by atoms with van der Waals surface area (Å²) in [5, 5.41) is 2.65. The van der Waals surface area contributed by atoms with E-state index < -0.39 is 11.7 Å². The standard InChI is InChI=1S/C15H17BrN2O2/c16-11-8-10-12(17-15(20)14(10)19)9-13(11)18-6-4-2-1-3-5-7-18/h8-9H,1-7H2,(H,17,19,20). The molecule has 0 aliphatic carbocycles. The molecule has 0 spiro atoms. The number of carbonyl (C=O) groups excluding carboxylic acids is 2. The van der Waals surface area contributed by atoms with E-state index >= 15 is 0 Å². The second-order valence-corrected chi connectivity index (χ2v) is 6.24. The molecule has 1 fully saturated rings. The summed E-state index contributed by atoms with van der Waals surface area (Å²) in [7, 11) is 0. The van der Waals surface area contributed by atoms with Crippen LogP contribution in [0.4, 0.5) is 11.4 Å². The molecule has 1 aromatic carbocycles. The van der Waals surface area contributed by atoms with Gasteiger partial charge < -0.3 is 10.2 Å². The minimum Gasteiger partial charge on any atom is -0.371 e. The van der Waals surface area contributed by atoms with Crippen molar-refractivity contribution in [1.29, 1.82) is 0 Å². The number of rotatable bonds is 1. The van der Waals surface area contributed by atoms with Crippen LogP contribution < -0.4 is 10.2 Å². The summed E-state index contributed by atoms with van der Waals surface area (Å²) in [4.78, 5) is 25.5. The number of anilines is 2. The van der Waals surface area contributed by atoms with E-state index in [0.29, 0.717) is 11.3 Å². The molecule has 20 heavy (non-hydrogen) atoms. The van der Waals surface area contributed by atoms with Crippen molar-refractivity contribution in [3.05, 3.63) is 22.2 Å². The zero-order chi connectivity index (χ0) is 14.1. The first kappa shape index (κ1) is 13.6. The first-order valence-corrected chi connectivity index (χ1v) is 7.90. The molecule has 2 aliphatic heterocycles. The number of Topliss-reactive ketones (excluding diaryl/α,β-unsaturated/α-hetero) is 1. The molecule has 1 saturated heterocycles. The number of nitrogens with zero attached hydrogens (tertiary/aromatic N) is 1. The fraction of sp³-hybridized carbons (Fsp3) is 0.467. The molecule has 3 rings (SSSR count). The maximum absolute atomic E-state index is 11.7. The zero-order valence-electron chi connectivity index (χ0n) is 11.2. The molecule has 1 amide bonds. The summed E-state index contributed by atoms with van der Waals surface area (Å²) in [5.41, 5.74) is 2.18. The predicted molar refractivity (Wildman–Crippen MR) is 82.4 cm³/mol. The highest BCUT2D eigenvalue weighted by Gasteiger charge is 2.29. The maximum Gasteiger partial charge on any atom is 0.296 e. The summed E-state index contributed by atoms with van der Waals surface area (Å²) < 4.78 is 0.890. The van der Waals surface area contributed by atoms with Gasteiger partial charge in [0.15, 0.2) is 0 Å². The van der Waals surface area contributed by atoms with Crippen molar-refractivity contribution < 1.29 is 9.59 Å². The van der Waals surface area contributed by atoms with Gasteiger partial charge in [0.05, 0.1) is 16.9 Å². The number of nitrogens with one attached hydrogen (secondary N) is 1. The first-order chi connectivity index (χ1) is 9.66. The molecule has 0 aromatic heterocycles. The van der Waals surface area contributed by atoms with Crippen LogP contribution in [0.5, 0.6) is 0 Å². The lowest BCUT2D eigenvalue weighted by Crippen LogP contribution is -2.27. The number of hydrogen-bond donors (Lipinski definition) is 1. The highest BCUT2D eigenvalue weighted by Crippen LogP contribution is 2.36. The van der Waals surface area contributed by atoms with Crippen LogP contribution in [0, 0.1) is 0 Å². The Morgan fingerprint density at radius 3 is 2.35 bits per heavy atom. The van der Waals surface area contributed by atoms with E-state index in [-0.39, 0.29) is 0 Å². The Kier molecular flexibility index (Phi) is 3.78. The third-order valence-corrected chi connectivity index (χ3v) is 4.62. The summed E-state index contributed by atoms with van der Waals surface area (Å²) in [6, 6.07) is 3.69. The minimum atomic E-state index is -0.531. The van der Waals surface area contributed by atoms with Crippen molar-refractivity contribution in [2.24, 2.45) is 0 Å². The van der Waals surface area contributed by atoms with E-state index in [0.717, 1.165) is 23.2 Å². The van der Waals surface area contributed by atoms with Gasteiger partial charge in [-0.2, -0.15) is 0 Å². The molecule has 2 aliphatic rings. The number of carbonyl (C=O) groups is 2. The highest BCUT2D eigenvalue weighted by atomic mass is 79.9. The number of halogens is 1. The third kappa shape index (κ3) is 2.46. The molecule has 106 valence electrons. The number of amides is 1. The first-order valence-electron chi connectivity index (χ1n) is 7.11. The molecule has 4 nitrogen and oxygen atoms in total. The molecular weight excluding hydrogens is 320 g/mol. The van der Waals surface area contributed by atoms with Crippen LogP contribution in [0.15, 0.2) is 16.6 Å². The summed E-state index contributed by atoms with van der Waals surface area (Å²) >= 11 is 3.54. The van der Waals surface area contributed by atoms with Crippen molar-refractivity contribution in [2.75, 3.05) is 23.3 Å². The van der Waals surface area contributed by atoms with Crippen LogP contribution >= 0.6 is 15.9 Å². The predicted octanol–water partition coefficient (Wildman–Crippen LogP) is 3.35. The highest BCUT2D eigenvalue weighted by molar-refractivity contribution is 9.10. The lowest BCUT2D eigenvalue weighted by molar-refractivity contribution is -0.112. The van der Waals surface area contributed by atoms with Crippen molar-refractivity contribution in [3.8, 4) is 0 Å². The largest absolute Gasteiger partial charge is 0.371 e. The molecule has 0 saturated carbocycles. The maximum atomic E-state index is 11.7. The number of benzene rings is 1. The average molecular weight is 337 g/mol. The summed E-state index contributed by atoms with van der Waals surface area (Å²) in [6.07, 6.45) is 6.25. The van der Waals surface area contributed by atoms with Gasteiger partial charge in [-0.05, 0) is 40.9 Å². The Labute approximate surface area is 126 Å². The van der Waals surface area contributed by atoms with E-state index in [1.165, 1.54) is 32.1 Å². The van der Waals surface area contributed by atoms with Crippen LogP contribution in [0.1, 0.15) is 42.5 Å². The molecule has 5 heteroatoms. The Morgan fingerprint density at radius 2 is 1.65 bits per heavy atom. The van der Waals surface area contributed by atoms with Gasteiger partial charge >= 0.3 is 0 Å². The fourth-order valence-electron chi connectivity index (χ4n) is 2.89. The van der Waals surface area contributed by atoms with Crippen molar-refractivity contribution in [2.45, 2.75) is 32.1 Å². The number of ketones is 1. The molecule has 0 bridgehead atoms. The molecule has 0 unspecified atom stereocenters. The van der Waals surface area contributed by atoms with Crippen molar-refractivity contribution in [1.82, 2.24) is 0 Å². The molecular formula is C15H17BrN2O2. The van der Waals surface area contributed by atoms with Gasteiger partial charge in [0.25, 0.3) is 11.7 Å². The smallest absolute Gasteiger partial charge is 0.296 e. The van der Waals surface area contributed by atoms with E-state index in [1.807, 2.05) is 6.07 Å². The van der Waals surface area contributed by atoms with Crippen LogP contribution in [-0.2, 0) is 4.79 Å². The van der Waals surface area contributed by atoms with Gasteiger partial charge in [0.1, 0.15) is 0 Å². The number of hydrogen-bond acceptors (Lipinski definition) is 3. The van der Waals surface area contributed by atoms with Crippen LogP contribution in [0.3, 0.4) is 0 Å². The lowest BCUT2D eigenvalue weighted by Gasteiger charge is -2.28. The molecule has 0 radical (unpaired) electrons. The van der Waals surface area contributed by atoms with E-state index in [4.69, 9.17) is 0 Å². The van der Waals surface area contributed by atoms with Gasteiger partial charge in [-0.15, -0.1) is 0 Å². The van der Waals surface area contributed by atoms with E-state index in [2.05, 4.69) is 26.1 Å². The quantitative estimate of drug-likeness (QED) is 0.800. The summed E-state index contributed by atoms with van der Waals surface area (Å²) in [5.74, 6) is -0.975. The molecule has 0 atom stereocenters. The zero-order valence-corrected chi connectivity index (χ0v) is 12.8. The van der Waals surface area contributed by atoms with Gasteiger partial charge in [0.2, 0.25) is 0 Å². The Hall–Kier alpha value is -1.36. The van der Waals surface area contributed by atoms with Crippen LogP contribution in [0.25, 0.3) is 0 Å². The SMILES string of the molecule is O=C1Nc2cc(N3CCCCCCC3)c(Br)cc2C1=O. The second-order valence-electron chi connectivity index (χ2n) is 5.39. The average Bonchev–Trinajstić information content (AvgIpc) is 2.65. The van der Waals surface area contributed by atoms with Crippen molar-refractivity contribution in [3.63, 3.8) is 0 Å². The number of fused-ring (bicyclic) bond motifs is 1. The molecule has 1 aromatic rings. The van der Waals surface area contributed by atoms with Gasteiger partial charge in [-0.3, -0.25) is 9.59 Å². The summed E-state index contributed by atoms with van der Waals surface area (Å²) in [6.45, 7) is 2.05. The van der Waals surface area contributed by atoms with Crippen LogP contribution in [-0.4, -0.2) is 24.8 Å².